The van der Waals surface area contributed by atoms with Crippen LogP contribution in [-0.4, -0.2) is 17.6 Å². The van der Waals surface area contributed by atoms with Gasteiger partial charge in [-0.2, -0.15) is 4.39 Å². The van der Waals surface area contributed by atoms with Crippen LogP contribution in [0.15, 0.2) is 10.5 Å². The minimum Gasteiger partial charge on any atom is -0.462 e. The smallest absolute Gasteiger partial charge is 0.339 e. The van der Waals surface area contributed by atoms with Gasteiger partial charge in [0.2, 0.25) is 5.95 Å². The number of halogens is 4. The van der Waals surface area contributed by atoms with E-state index < -0.39 is 24.0 Å². The number of nitrogens with zero attached hydrogens (tertiary/aromatic N) is 1. The van der Waals surface area contributed by atoms with E-state index in [9.17, 15) is 18.0 Å². The van der Waals surface area contributed by atoms with Crippen LogP contribution in [0.2, 0.25) is 0 Å². The van der Waals surface area contributed by atoms with Gasteiger partial charge in [0.15, 0.2) is 0 Å². The molecule has 0 aliphatic heterocycles. The standard InChI is InChI=1S/C9H7BrF3NO2/c1-2-16-9(15)4-3-5(11)14-7(6(4)10)8(12)13/h3,8H,2H2,1H3. The highest BCUT2D eigenvalue weighted by Gasteiger charge is 2.22. The first-order valence-electron chi connectivity index (χ1n) is 4.28. The van der Waals surface area contributed by atoms with Crippen LogP contribution < -0.4 is 0 Å². The van der Waals surface area contributed by atoms with E-state index in [2.05, 4.69) is 25.7 Å². The summed E-state index contributed by atoms with van der Waals surface area (Å²) < 4.78 is 42.1. The molecule has 0 saturated heterocycles. The van der Waals surface area contributed by atoms with Crippen molar-refractivity contribution in [1.82, 2.24) is 4.98 Å². The molecule has 1 aromatic rings. The molecular formula is C9H7BrF3NO2. The van der Waals surface area contributed by atoms with Crippen LogP contribution in [0.5, 0.6) is 0 Å². The fraction of sp³-hybridized carbons (Fsp3) is 0.333. The van der Waals surface area contributed by atoms with E-state index >= 15 is 0 Å². The number of pyridine rings is 1. The molecule has 0 unspecified atom stereocenters. The summed E-state index contributed by atoms with van der Waals surface area (Å²) in [6.07, 6.45) is -2.97. The molecule has 0 bridgehead atoms. The molecule has 7 heteroatoms. The predicted molar refractivity (Wildman–Crippen MR) is 52.8 cm³/mol. The van der Waals surface area contributed by atoms with Crippen LogP contribution in [0.25, 0.3) is 0 Å². The van der Waals surface area contributed by atoms with E-state index in [0.717, 1.165) is 6.07 Å². The molecule has 0 atom stereocenters. The summed E-state index contributed by atoms with van der Waals surface area (Å²) in [7, 11) is 0. The Kier molecular flexibility index (Phi) is 4.28. The lowest BCUT2D eigenvalue weighted by Gasteiger charge is -2.08. The Hall–Kier alpha value is -1.11. The molecule has 0 aliphatic rings. The maximum absolute atomic E-state index is 12.9. The van der Waals surface area contributed by atoms with Crippen LogP contribution in [0, 0.1) is 5.95 Å². The van der Waals surface area contributed by atoms with Crippen molar-refractivity contribution >= 4 is 21.9 Å². The molecule has 0 fully saturated rings. The highest BCUT2D eigenvalue weighted by Crippen LogP contribution is 2.29. The van der Waals surface area contributed by atoms with Crippen molar-refractivity contribution in [2.24, 2.45) is 0 Å². The second kappa shape index (κ2) is 5.29. The summed E-state index contributed by atoms with van der Waals surface area (Å²) in [5.74, 6) is -2.03. The first-order chi connectivity index (χ1) is 7.47. The molecule has 0 N–H and O–H groups in total. The molecule has 1 heterocycles. The molecular weight excluding hydrogens is 291 g/mol. The van der Waals surface area contributed by atoms with Crippen molar-refractivity contribution in [3.8, 4) is 0 Å². The second-order valence-electron chi connectivity index (χ2n) is 2.71. The number of hydrogen-bond acceptors (Lipinski definition) is 3. The van der Waals surface area contributed by atoms with Crippen molar-refractivity contribution in [3.05, 3.63) is 27.7 Å². The van der Waals surface area contributed by atoms with E-state index in [0.29, 0.717) is 0 Å². The zero-order valence-electron chi connectivity index (χ0n) is 8.14. The van der Waals surface area contributed by atoms with Crippen molar-refractivity contribution in [3.63, 3.8) is 0 Å². The number of carbonyl (C=O) groups excluding carboxylic acids is 1. The van der Waals surface area contributed by atoms with Gasteiger partial charge in [0.1, 0.15) is 5.69 Å². The molecule has 0 saturated carbocycles. The predicted octanol–water partition coefficient (Wildman–Crippen LogP) is 3.10. The Bertz CT molecular complexity index is 412. The Morgan fingerprint density at radius 2 is 2.25 bits per heavy atom. The summed E-state index contributed by atoms with van der Waals surface area (Å²) in [4.78, 5) is 14.3. The summed E-state index contributed by atoms with van der Waals surface area (Å²) in [6.45, 7) is 1.62. The van der Waals surface area contributed by atoms with Crippen molar-refractivity contribution in [1.29, 1.82) is 0 Å². The molecule has 0 spiro atoms. The first kappa shape index (κ1) is 13.0. The maximum atomic E-state index is 12.9. The second-order valence-corrected chi connectivity index (χ2v) is 3.51. The largest absolute Gasteiger partial charge is 0.462 e. The molecule has 0 aliphatic carbocycles. The molecule has 88 valence electrons. The summed E-state index contributed by atoms with van der Waals surface area (Å²) in [5.41, 5.74) is -1.12. The normalized spacial score (nSPS) is 10.6. The Balaban J connectivity index is 3.24. The molecule has 0 amide bonds. The van der Waals surface area contributed by atoms with Gasteiger partial charge >= 0.3 is 5.97 Å². The van der Waals surface area contributed by atoms with E-state index in [1.165, 1.54) is 0 Å². The lowest BCUT2D eigenvalue weighted by molar-refractivity contribution is 0.0523. The molecule has 1 rings (SSSR count). The van der Waals surface area contributed by atoms with Gasteiger partial charge in [0, 0.05) is 6.07 Å². The van der Waals surface area contributed by atoms with E-state index in [1.54, 1.807) is 6.92 Å². The zero-order valence-corrected chi connectivity index (χ0v) is 9.72. The van der Waals surface area contributed by atoms with Crippen molar-refractivity contribution < 1.29 is 22.7 Å². The fourth-order valence-electron chi connectivity index (χ4n) is 1.02. The van der Waals surface area contributed by atoms with Gasteiger partial charge in [-0.05, 0) is 22.9 Å². The van der Waals surface area contributed by atoms with Crippen molar-refractivity contribution in [2.75, 3.05) is 6.61 Å². The zero-order chi connectivity index (χ0) is 12.3. The first-order valence-corrected chi connectivity index (χ1v) is 5.07. The Morgan fingerprint density at radius 1 is 1.62 bits per heavy atom. The monoisotopic (exact) mass is 297 g/mol. The van der Waals surface area contributed by atoms with Gasteiger partial charge < -0.3 is 4.74 Å². The number of ether oxygens (including phenoxy) is 1. The average molecular weight is 298 g/mol. The number of carbonyl (C=O) groups is 1. The number of hydrogen-bond donors (Lipinski definition) is 0. The lowest BCUT2D eigenvalue weighted by atomic mass is 10.2. The van der Waals surface area contributed by atoms with Crippen LogP contribution >= 0.6 is 15.9 Å². The maximum Gasteiger partial charge on any atom is 0.339 e. The topological polar surface area (TPSA) is 39.2 Å². The minimum absolute atomic E-state index is 0.0687. The summed E-state index contributed by atoms with van der Waals surface area (Å²) in [5, 5.41) is 0. The van der Waals surface area contributed by atoms with E-state index in [-0.39, 0.29) is 16.6 Å². The van der Waals surface area contributed by atoms with Gasteiger partial charge in [-0.25, -0.2) is 18.6 Å². The number of esters is 1. The number of alkyl halides is 2. The summed E-state index contributed by atoms with van der Waals surface area (Å²) in [6, 6.07) is 0.744. The average Bonchev–Trinajstić information content (AvgIpc) is 2.20. The molecule has 16 heavy (non-hydrogen) atoms. The fourth-order valence-corrected chi connectivity index (χ4v) is 1.56. The quantitative estimate of drug-likeness (QED) is 0.636. The van der Waals surface area contributed by atoms with Gasteiger partial charge in [-0.15, -0.1) is 0 Å². The van der Waals surface area contributed by atoms with Crippen LogP contribution in [0.1, 0.15) is 29.4 Å². The molecule has 3 nitrogen and oxygen atoms in total. The van der Waals surface area contributed by atoms with Gasteiger partial charge in [0.25, 0.3) is 6.43 Å². The summed E-state index contributed by atoms with van der Waals surface area (Å²) >= 11 is 2.78. The SMILES string of the molecule is CCOC(=O)c1cc(F)nc(C(F)F)c1Br. The van der Waals surface area contributed by atoms with Gasteiger partial charge in [-0.3, -0.25) is 0 Å². The minimum atomic E-state index is -2.97. The Morgan fingerprint density at radius 3 is 2.75 bits per heavy atom. The highest BCUT2D eigenvalue weighted by atomic mass is 79.9. The van der Waals surface area contributed by atoms with Crippen molar-refractivity contribution in [2.45, 2.75) is 13.3 Å². The molecule has 1 aromatic heterocycles. The third-order valence-electron chi connectivity index (χ3n) is 1.65. The van der Waals surface area contributed by atoms with Gasteiger partial charge in [0.05, 0.1) is 16.6 Å². The highest BCUT2D eigenvalue weighted by molar-refractivity contribution is 9.10. The van der Waals surface area contributed by atoms with Crippen LogP contribution in [-0.2, 0) is 4.74 Å². The van der Waals surface area contributed by atoms with Crippen LogP contribution in [0.3, 0.4) is 0 Å². The molecule has 0 aromatic carbocycles. The van der Waals surface area contributed by atoms with Crippen LogP contribution in [0.4, 0.5) is 13.2 Å². The number of aromatic nitrogens is 1. The number of rotatable bonds is 3. The van der Waals surface area contributed by atoms with E-state index in [4.69, 9.17) is 0 Å². The molecule has 0 radical (unpaired) electrons. The van der Waals surface area contributed by atoms with Gasteiger partial charge in [-0.1, -0.05) is 0 Å². The Labute approximate surface area is 97.8 Å². The third kappa shape index (κ3) is 2.72. The lowest BCUT2D eigenvalue weighted by Crippen LogP contribution is -2.09. The van der Waals surface area contributed by atoms with E-state index in [1.807, 2.05) is 0 Å². The third-order valence-corrected chi connectivity index (χ3v) is 2.49.